The van der Waals surface area contributed by atoms with Gasteiger partial charge in [-0.15, -0.1) is 0 Å². The third-order valence-corrected chi connectivity index (χ3v) is 5.00. The van der Waals surface area contributed by atoms with Crippen molar-refractivity contribution in [2.45, 2.75) is 32.4 Å². The molecule has 2 atom stereocenters. The first-order valence-corrected chi connectivity index (χ1v) is 8.25. The zero-order chi connectivity index (χ0) is 17.0. The van der Waals surface area contributed by atoms with Crippen LogP contribution in [-0.2, 0) is 16.0 Å². The van der Waals surface area contributed by atoms with Crippen LogP contribution in [0.4, 0.5) is 20.6 Å². The standard InChI is InChI=1S/C17H20FN3O3/c1-9-7-20(8-9)14-3-11-4-15-16(6-19-10(2)22)24-17(23)21(15)13(11)5-12(14)18/h3,5,9,15-16H,4,6-8H2,1-2H3,(H,19,22)/t15-,16-/m0/s1. The van der Waals surface area contributed by atoms with Crippen molar-refractivity contribution in [2.24, 2.45) is 5.92 Å². The Labute approximate surface area is 139 Å². The molecule has 4 rings (SSSR count). The number of hydrogen-bond acceptors (Lipinski definition) is 4. The Bertz CT molecular complexity index is 717. The maximum atomic E-state index is 14.5. The van der Waals surface area contributed by atoms with Gasteiger partial charge in [0.25, 0.3) is 0 Å². The van der Waals surface area contributed by atoms with E-state index in [0.717, 1.165) is 18.7 Å². The molecule has 3 aliphatic heterocycles. The molecule has 0 saturated carbocycles. The van der Waals surface area contributed by atoms with Gasteiger partial charge in [-0.2, -0.15) is 0 Å². The summed E-state index contributed by atoms with van der Waals surface area (Å²) in [4.78, 5) is 26.8. The molecule has 2 fully saturated rings. The number of fused-ring (bicyclic) bond motifs is 3. The van der Waals surface area contributed by atoms with Crippen molar-refractivity contribution in [1.82, 2.24) is 5.32 Å². The summed E-state index contributed by atoms with van der Waals surface area (Å²) in [5, 5.41) is 2.69. The van der Waals surface area contributed by atoms with Crippen molar-refractivity contribution in [2.75, 3.05) is 29.4 Å². The molecular weight excluding hydrogens is 313 g/mol. The highest BCUT2D eigenvalue weighted by atomic mass is 19.1. The lowest BCUT2D eigenvalue weighted by atomic mass is 9.99. The highest BCUT2D eigenvalue weighted by molar-refractivity contribution is 5.94. The van der Waals surface area contributed by atoms with Crippen molar-refractivity contribution in [3.63, 3.8) is 0 Å². The number of benzene rings is 1. The fourth-order valence-corrected chi connectivity index (χ4v) is 3.83. The van der Waals surface area contributed by atoms with Crippen molar-refractivity contribution in [3.8, 4) is 0 Å². The van der Waals surface area contributed by atoms with Gasteiger partial charge in [-0.05, 0) is 24.0 Å². The third-order valence-electron chi connectivity index (χ3n) is 5.00. The largest absolute Gasteiger partial charge is 0.442 e. The number of carbonyl (C=O) groups excluding carboxylic acids is 2. The molecular formula is C17H20FN3O3. The Morgan fingerprint density at radius 1 is 1.38 bits per heavy atom. The smallest absolute Gasteiger partial charge is 0.415 e. The molecule has 7 heteroatoms. The van der Waals surface area contributed by atoms with Crippen molar-refractivity contribution < 1.29 is 18.7 Å². The van der Waals surface area contributed by atoms with Gasteiger partial charge >= 0.3 is 6.09 Å². The van der Waals surface area contributed by atoms with E-state index in [2.05, 4.69) is 12.2 Å². The van der Waals surface area contributed by atoms with Crippen molar-refractivity contribution in [1.29, 1.82) is 0 Å². The van der Waals surface area contributed by atoms with Gasteiger partial charge in [0.15, 0.2) is 0 Å². The quantitative estimate of drug-likeness (QED) is 0.914. The van der Waals surface area contributed by atoms with E-state index in [9.17, 15) is 14.0 Å². The molecule has 24 heavy (non-hydrogen) atoms. The van der Waals surface area contributed by atoms with E-state index in [1.807, 2.05) is 11.0 Å². The fraction of sp³-hybridized carbons (Fsp3) is 0.529. The van der Waals surface area contributed by atoms with Crippen molar-refractivity contribution in [3.05, 3.63) is 23.5 Å². The lowest BCUT2D eigenvalue weighted by Crippen LogP contribution is -2.45. The lowest BCUT2D eigenvalue weighted by Gasteiger charge is -2.39. The molecule has 2 saturated heterocycles. The average molecular weight is 333 g/mol. The summed E-state index contributed by atoms with van der Waals surface area (Å²) in [6, 6.07) is 3.11. The molecule has 1 N–H and O–H groups in total. The summed E-state index contributed by atoms with van der Waals surface area (Å²) in [7, 11) is 0. The minimum atomic E-state index is -0.473. The molecule has 0 aliphatic carbocycles. The predicted molar refractivity (Wildman–Crippen MR) is 86.7 cm³/mol. The Balaban J connectivity index is 1.59. The number of amides is 2. The maximum absolute atomic E-state index is 14.5. The van der Waals surface area contributed by atoms with E-state index in [1.165, 1.54) is 17.9 Å². The molecule has 6 nitrogen and oxygen atoms in total. The predicted octanol–water partition coefficient (Wildman–Crippen LogP) is 1.67. The molecule has 3 aliphatic rings. The topological polar surface area (TPSA) is 61.9 Å². The lowest BCUT2D eigenvalue weighted by molar-refractivity contribution is -0.119. The van der Waals surface area contributed by atoms with Gasteiger partial charge in [0, 0.05) is 26.1 Å². The Kier molecular flexibility index (Phi) is 3.40. The number of anilines is 2. The second-order valence-electron chi connectivity index (χ2n) is 6.94. The van der Waals surface area contributed by atoms with Gasteiger partial charge in [-0.25, -0.2) is 9.18 Å². The summed E-state index contributed by atoms with van der Waals surface area (Å²) in [6.07, 6.45) is -0.273. The zero-order valence-corrected chi connectivity index (χ0v) is 13.7. The Morgan fingerprint density at radius 2 is 2.12 bits per heavy atom. The number of carbonyl (C=O) groups is 2. The molecule has 2 amide bonds. The van der Waals surface area contributed by atoms with Crippen LogP contribution in [-0.4, -0.2) is 43.8 Å². The van der Waals surface area contributed by atoms with Gasteiger partial charge in [0.05, 0.1) is 24.0 Å². The van der Waals surface area contributed by atoms with Crippen LogP contribution in [0.25, 0.3) is 0 Å². The van der Waals surface area contributed by atoms with Crippen LogP contribution in [0.15, 0.2) is 12.1 Å². The minimum absolute atomic E-state index is 0.166. The fourth-order valence-electron chi connectivity index (χ4n) is 3.83. The van der Waals surface area contributed by atoms with Crippen LogP contribution in [0.2, 0.25) is 0 Å². The van der Waals surface area contributed by atoms with E-state index < -0.39 is 12.2 Å². The first kappa shape index (κ1) is 15.2. The number of rotatable bonds is 3. The molecule has 0 radical (unpaired) electrons. The molecule has 0 spiro atoms. The minimum Gasteiger partial charge on any atom is -0.442 e. The van der Waals surface area contributed by atoms with Crippen LogP contribution >= 0.6 is 0 Å². The zero-order valence-electron chi connectivity index (χ0n) is 13.7. The number of hydrogen-bond donors (Lipinski definition) is 1. The summed E-state index contributed by atoms with van der Waals surface area (Å²) in [5.41, 5.74) is 2.16. The van der Waals surface area contributed by atoms with Crippen LogP contribution < -0.4 is 15.1 Å². The Morgan fingerprint density at radius 3 is 2.79 bits per heavy atom. The van der Waals surface area contributed by atoms with Crippen LogP contribution in [0.5, 0.6) is 0 Å². The summed E-state index contributed by atoms with van der Waals surface area (Å²) in [5.74, 6) is 0.109. The monoisotopic (exact) mass is 333 g/mol. The van der Waals surface area contributed by atoms with E-state index in [-0.39, 0.29) is 24.3 Å². The van der Waals surface area contributed by atoms with E-state index in [1.54, 1.807) is 0 Å². The number of nitrogens with zero attached hydrogens (tertiary/aromatic N) is 2. The highest BCUT2D eigenvalue weighted by Crippen LogP contribution is 2.42. The maximum Gasteiger partial charge on any atom is 0.415 e. The summed E-state index contributed by atoms with van der Waals surface area (Å²) in [6.45, 7) is 5.55. The number of cyclic esters (lactones) is 1. The second kappa shape index (κ2) is 5.36. The number of ether oxygens (including phenoxy) is 1. The highest BCUT2D eigenvalue weighted by Gasteiger charge is 2.48. The molecule has 1 aromatic rings. The van der Waals surface area contributed by atoms with Crippen LogP contribution in [0.3, 0.4) is 0 Å². The SMILES string of the molecule is CC(=O)NC[C@@H]1OC(=O)N2c3cc(F)c(N4CC(C)C4)cc3C[C@@H]12. The Hall–Kier alpha value is -2.31. The second-order valence-corrected chi connectivity index (χ2v) is 6.94. The van der Waals surface area contributed by atoms with E-state index >= 15 is 0 Å². The van der Waals surface area contributed by atoms with Crippen LogP contribution in [0.1, 0.15) is 19.4 Å². The van der Waals surface area contributed by atoms with Gasteiger partial charge in [-0.3, -0.25) is 9.69 Å². The van der Waals surface area contributed by atoms with E-state index in [4.69, 9.17) is 4.74 Å². The van der Waals surface area contributed by atoms with Gasteiger partial charge in [0.1, 0.15) is 11.9 Å². The first-order valence-electron chi connectivity index (χ1n) is 8.25. The summed E-state index contributed by atoms with van der Waals surface area (Å²) < 4.78 is 19.8. The van der Waals surface area contributed by atoms with Gasteiger partial charge < -0.3 is 15.0 Å². The molecule has 0 aromatic heterocycles. The van der Waals surface area contributed by atoms with Crippen molar-refractivity contribution >= 4 is 23.4 Å². The van der Waals surface area contributed by atoms with E-state index in [0.29, 0.717) is 23.7 Å². The summed E-state index contributed by atoms with van der Waals surface area (Å²) >= 11 is 0. The molecule has 1 aromatic carbocycles. The normalized spacial score (nSPS) is 25.2. The van der Waals surface area contributed by atoms with Gasteiger partial charge in [-0.1, -0.05) is 6.92 Å². The molecule has 128 valence electrons. The molecule has 0 unspecified atom stereocenters. The number of halogens is 1. The van der Waals surface area contributed by atoms with Gasteiger partial charge in [0.2, 0.25) is 5.91 Å². The molecule has 0 bridgehead atoms. The molecule has 3 heterocycles. The first-order chi connectivity index (χ1) is 11.4. The number of nitrogens with one attached hydrogen (secondary N) is 1. The third kappa shape index (κ3) is 2.30. The average Bonchev–Trinajstić information content (AvgIpc) is 2.99. The van der Waals surface area contributed by atoms with Crippen LogP contribution in [0, 0.1) is 11.7 Å².